The largest absolute Gasteiger partial charge is 0.395 e. The summed E-state index contributed by atoms with van der Waals surface area (Å²) in [6, 6.07) is 8.84. The zero-order valence-corrected chi connectivity index (χ0v) is 12.0. The molecule has 0 saturated carbocycles. The topological polar surface area (TPSA) is 91.3 Å². The molecule has 1 aromatic carbocycles. The molecule has 2 rings (SSSR count). The number of hydrogen-bond acceptors (Lipinski definition) is 5. The summed E-state index contributed by atoms with van der Waals surface area (Å²) in [7, 11) is 0. The van der Waals surface area contributed by atoms with E-state index in [-0.39, 0.29) is 31.4 Å². The van der Waals surface area contributed by atoms with E-state index in [1.165, 1.54) is 11.3 Å². The van der Waals surface area contributed by atoms with Gasteiger partial charge in [0.25, 0.3) is 5.91 Å². The van der Waals surface area contributed by atoms with Gasteiger partial charge in [0.1, 0.15) is 0 Å². The number of aromatic nitrogens is 1. The normalized spacial score (nSPS) is 10.1. The van der Waals surface area contributed by atoms with Gasteiger partial charge in [-0.1, -0.05) is 18.2 Å². The van der Waals surface area contributed by atoms with Gasteiger partial charge in [0, 0.05) is 17.5 Å². The van der Waals surface area contributed by atoms with Gasteiger partial charge in [-0.2, -0.15) is 0 Å². The highest BCUT2D eigenvalue weighted by Crippen LogP contribution is 2.16. The minimum absolute atomic E-state index is 0.0960. The first-order valence-corrected chi connectivity index (χ1v) is 7.25. The minimum Gasteiger partial charge on any atom is -0.395 e. The Morgan fingerprint density at radius 1 is 1.24 bits per heavy atom. The van der Waals surface area contributed by atoms with Crippen LogP contribution in [-0.4, -0.2) is 35.1 Å². The molecule has 2 amide bonds. The maximum absolute atomic E-state index is 11.9. The summed E-state index contributed by atoms with van der Waals surface area (Å²) >= 11 is 1.27. The molecule has 0 radical (unpaired) electrons. The van der Waals surface area contributed by atoms with E-state index < -0.39 is 0 Å². The highest BCUT2D eigenvalue weighted by molar-refractivity contribution is 7.14. The number of aliphatic hydroxyl groups excluding tert-OH is 1. The summed E-state index contributed by atoms with van der Waals surface area (Å²) in [5.74, 6) is -0.448. The molecule has 7 heteroatoms. The average molecular weight is 305 g/mol. The van der Waals surface area contributed by atoms with E-state index in [4.69, 9.17) is 5.11 Å². The highest BCUT2D eigenvalue weighted by atomic mass is 32.1. The third-order valence-corrected chi connectivity index (χ3v) is 3.39. The van der Waals surface area contributed by atoms with Gasteiger partial charge in [-0.15, -0.1) is 11.3 Å². The SMILES string of the molecule is O=C(Cc1csc(NC(=O)c2ccccc2)n1)NCCO. The lowest BCUT2D eigenvalue weighted by Crippen LogP contribution is -2.27. The first-order valence-electron chi connectivity index (χ1n) is 6.37. The van der Waals surface area contributed by atoms with E-state index in [0.29, 0.717) is 16.4 Å². The van der Waals surface area contributed by atoms with Crippen LogP contribution < -0.4 is 10.6 Å². The molecule has 0 atom stereocenters. The molecule has 0 fully saturated rings. The van der Waals surface area contributed by atoms with Crippen LogP contribution in [0.15, 0.2) is 35.7 Å². The Bertz CT molecular complexity index is 613. The first kappa shape index (κ1) is 15.1. The third-order valence-electron chi connectivity index (χ3n) is 2.58. The molecule has 0 saturated heterocycles. The first-order chi connectivity index (χ1) is 10.2. The average Bonchev–Trinajstić information content (AvgIpc) is 2.93. The number of anilines is 1. The zero-order chi connectivity index (χ0) is 15.1. The van der Waals surface area contributed by atoms with Crippen LogP contribution in [0.4, 0.5) is 5.13 Å². The van der Waals surface area contributed by atoms with E-state index in [1.807, 2.05) is 6.07 Å². The molecule has 6 nitrogen and oxygen atoms in total. The lowest BCUT2D eigenvalue weighted by atomic mass is 10.2. The molecule has 0 spiro atoms. The van der Waals surface area contributed by atoms with Crippen molar-refractivity contribution in [1.29, 1.82) is 0 Å². The molecule has 0 bridgehead atoms. The Morgan fingerprint density at radius 3 is 2.71 bits per heavy atom. The van der Waals surface area contributed by atoms with Gasteiger partial charge in [-0.3, -0.25) is 14.9 Å². The summed E-state index contributed by atoms with van der Waals surface area (Å²) in [6.45, 7) is 0.127. The number of nitrogens with zero attached hydrogens (tertiary/aromatic N) is 1. The second-order valence-corrected chi connectivity index (χ2v) is 5.07. The Kier molecular flexibility index (Phi) is 5.42. The second-order valence-electron chi connectivity index (χ2n) is 4.21. The van der Waals surface area contributed by atoms with Gasteiger partial charge in [0.15, 0.2) is 5.13 Å². The molecule has 3 N–H and O–H groups in total. The van der Waals surface area contributed by atoms with Crippen molar-refractivity contribution < 1.29 is 14.7 Å². The Morgan fingerprint density at radius 2 is 2.00 bits per heavy atom. The van der Waals surface area contributed by atoms with Crippen molar-refractivity contribution in [3.05, 3.63) is 47.0 Å². The van der Waals surface area contributed by atoms with Crippen LogP contribution >= 0.6 is 11.3 Å². The van der Waals surface area contributed by atoms with E-state index in [2.05, 4.69) is 15.6 Å². The van der Waals surface area contributed by atoms with Gasteiger partial charge < -0.3 is 10.4 Å². The van der Waals surface area contributed by atoms with E-state index >= 15 is 0 Å². The van der Waals surface area contributed by atoms with Crippen molar-refractivity contribution in [1.82, 2.24) is 10.3 Å². The third kappa shape index (κ3) is 4.66. The highest BCUT2D eigenvalue weighted by Gasteiger charge is 2.10. The van der Waals surface area contributed by atoms with Gasteiger partial charge in [-0.05, 0) is 12.1 Å². The number of carbonyl (C=O) groups is 2. The van der Waals surface area contributed by atoms with Crippen molar-refractivity contribution in [3.8, 4) is 0 Å². The van der Waals surface area contributed by atoms with Gasteiger partial charge >= 0.3 is 0 Å². The fraction of sp³-hybridized carbons (Fsp3) is 0.214. The second kappa shape index (κ2) is 7.51. The number of amides is 2. The van der Waals surface area contributed by atoms with Gasteiger partial charge in [0.05, 0.1) is 18.7 Å². The number of aliphatic hydroxyl groups is 1. The summed E-state index contributed by atoms with van der Waals surface area (Å²) in [5, 5.41) is 16.0. The van der Waals surface area contributed by atoms with Crippen LogP contribution in [0, 0.1) is 0 Å². The maximum atomic E-state index is 11.9. The van der Waals surface area contributed by atoms with E-state index in [1.54, 1.807) is 29.6 Å². The number of thiazole rings is 1. The summed E-state index contributed by atoms with van der Waals surface area (Å²) < 4.78 is 0. The quantitative estimate of drug-likeness (QED) is 0.744. The molecule has 21 heavy (non-hydrogen) atoms. The molecule has 0 unspecified atom stereocenters. The molecule has 1 aromatic heterocycles. The molecule has 0 aliphatic carbocycles. The fourth-order valence-electron chi connectivity index (χ4n) is 1.63. The minimum atomic E-state index is -0.235. The number of carbonyl (C=O) groups excluding carboxylic acids is 2. The van der Waals surface area contributed by atoms with Crippen molar-refractivity contribution in [2.24, 2.45) is 0 Å². The van der Waals surface area contributed by atoms with Gasteiger partial charge in [0.2, 0.25) is 5.91 Å². The van der Waals surface area contributed by atoms with Crippen LogP contribution in [0.3, 0.4) is 0 Å². The number of nitrogens with one attached hydrogen (secondary N) is 2. The molecule has 2 aromatic rings. The lowest BCUT2D eigenvalue weighted by molar-refractivity contribution is -0.120. The van der Waals surface area contributed by atoms with Crippen LogP contribution in [0.5, 0.6) is 0 Å². The number of rotatable bonds is 6. The summed E-state index contributed by atoms with van der Waals surface area (Å²) in [5.41, 5.74) is 1.13. The summed E-state index contributed by atoms with van der Waals surface area (Å²) in [6.07, 6.45) is 0.123. The Balaban J connectivity index is 1.91. The fourth-order valence-corrected chi connectivity index (χ4v) is 2.33. The zero-order valence-electron chi connectivity index (χ0n) is 11.2. The van der Waals surface area contributed by atoms with Crippen LogP contribution in [-0.2, 0) is 11.2 Å². The Hall–Kier alpha value is -2.25. The molecule has 1 heterocycles. The smallest absolute Gasteiger partial charge is 0.257 e. The maximum Gasteiger partial charge on any atom is 0.257 e. The van der Waals surface area contributed by atoms with Crippen LogP contribution in [0.25, 0.3) is 0 Å². The lowest BCUT2D eigenvalue weighted by Gasteiger charge is -2.01. The number of benzene rings is 1. The van der Waals surface area contributed by atoms with Crippen molar-refractivity contribution in [3.63, 3.8) is 0 Å². The predicted octanol–water partition coefficient (Wildman–Crippen LogP) is 1.05. The van der Waals surface area contributed by atoms with Crippen molar-refractivity contribution >= 4 is 28.3 Å². The van der Waals surface area contributed by atoms with Crippen molar-refractivity contribution in [2.45, 2.75) is 6.42 Å². The van der Waals surface area contributed by atoms with Crippen LogP contribution in [0.2, 0.25) is 0 Å². The van der Waals surface area contributed by atoms with Gasteiger partial charge in [-0.25, -0.2) is 4.98 Å². The van der Waals surface area contributed by atoms with Crippen molar-refractivity contribution in [2.75, 3.05) is 18.5 Å². The Labute approximate surface area is 125 Å². The standard InChI is InChI=1S/C14H15N3O3S/c18-7-6-15-12(19)8-11-9-21-14(16-11)17-13(20)10-4-2-1-3-5-10/h1-5,9,18H,6-8H2,(H,15,19)(H,16,17,20). The monoisotopic (exact) mass is 305 g/mol. The molecule has 110 valence electrons. The summed E-state index contributed by atoms with van der Waals surface area (Å²) in [4.78, 5) is 27.6. The van der Waals surface area contributed by atoms with E-state index in [0.717, 1.165) is 0 Å². The number of hydrogen-bond donors (Lipinski definition) is 3. The molecule has 0 aliphatic heterocycles. The van der Waals surface area contributed by atoms with E-state index in [9.17, 15) is 9.59 Å². The van der Waals surface area contributed by atoms with Crippen LogP contribution in [0.1, 0.15) is 16.1 Å². The molecule has 0 aliphatic rings. The molecular weight excluding hydrogens is 290 g/mol. The predicted molar refractivity (Wildman–Crippen MR) is 80.3 cm³/mol. The molecular formula is C14H15N3O3S.